The standard InChI is InChI=1S/C45H31N3O3/c1-2-8-26(9-3-1)43-46-44(29-15-19-34-32-11-5-7-13-38(32)50-41(34)24-29)48-45(47-43)30-16-20-35-36-22-27(17-21-39(36)51-42(35)25-30)28-14-18-33-31-10-4-6-12-37(31)49-40(33)23-28/h1-15,17-25,30,43,45,47H,16H2,(H,46,48). The number of nitrogens with zero attached hydrogens (tertiary/aromatic N) is 1. The monoisotopic (exact) mass is 661 g/mol. The Morgan fingerprint density at radius 2 is 1.14 bits per heavy atom. The van der Waals surface area contributed by atoms with E-state index in [0.29, 0.717) is 0 Å². The van der Waals surface area contributed by atoms with Crippen molar-refractivity contribution < 1.29 is 13.3 Å². The van der Waals surface area contributed by atoms with Gasteiger partial charge in [-0.05, 0) is 77.7 Å². The number of nitrogens with one attached hydrogen (secondary N) is 2. The summed E-state index contributed by atoms with van der Waals surface area (Å²) < 4.78 is 19.0. The summed E-state index contributed by atoms with van der Waals surface area (Å²) in [5.74, 6) is 0.962. The molecule has 0 saturated heterocycles. The largest absolute Gasteiger partial charge is 0.456 e. The number of fused-ring (bicyclic) bond motifs is 9. The van der Waals surface area contributed by atoms with E-state index in [9.17, 15) is 0 Å². The van der Waals surface area contributed by atoms with Crippen molar-refractivity contribution in [2.75, 3.05) is 0 Å². The first-order chi connectivity index (χ1) is 25.2. The van der Waals surface area contributed by atoms with Crippen LogP contribution in [0, 0.1) is 5.92 Å². The van der Waals surface area contributed by atoms with Crippen LogP contribution in [-0.2, 0) is 0 Å². The Balaban J connectivity index is 0.947. The number of furan rings is 3. The highest BCUT2D eigenvalue weighted by molar-refractivity contribution is 6.09. The molecule has 1 aliphatic carbocycles. The molecular formula is C45H31N3O3. The van der Waals surface area contributed by atoms with Gasteiger partial charge >= 0.3 is 0 Å². The molecule has 11 rings (SSSR count). The molecule has 0 saturated carbocycles. The summed E-state index contributed by atoms with van der Waals surface area (Å²) >= 11 is 0. The molecule has 0 radical (unpaired) electrons. The molecular weight excluding hydrogens is 631 g/mol. The van der Waals surface area contributed by atoms with Crippen molar-refractivity contribution in [3.8, 4) is 11.1 Å². The van der Waals surface area contributed by atoms with Crippen molar-refractivity contribution >= 4 is 72.8 Å². The fourth-order valence-corrected chi connectivity index (χ4v) is 7.93. The van der Waals surface area contributed by atoms with Gasteiger partial charge in [0.25, 0.3) is 0 Å². The summed E-state index contributed by atoms with van der Waals surface area (Å²) in [5, 5.41) is 14.3. The van der Waals surface area contributed by atoms with Crippen LogP contribution in [0.15, 0.2) is 152 Å². The van der Waals surface area contributed by atoms with Gasteiger partial charge in [-0.15, -0.1) is 0 Å². The number of rotatable bonds is 4. The minimum absolute atomic E-state index is 0.0854. The molecule has 0 bridgehead atoms. The third-order valence-electron chi connectivity index (χ3n) is 10.5. The quantitative estimate of drug-likeness (QED) is 0.197. The molecule has 6 nitrogen and oxygen atoms in total. The van der Waals surface area contributed by atoms with E-state index in [-0.39, 0.29) is 18.2 Å². The summed E-state index contributed by atoms with van der Waals surface area (Å²) in [6, 6.07) is 46.1. The molecule has 6 heteroatoms. The number of hydrogen-bond acceptors (Lipinski definition) is 6. The summed E-state index contributed by atoms with van der Waals surface area (Å²) in [7, 11) is 0. The van der Waals surface area contributed by atoms with Crippen LogP contribution in [0.3, 0.4) is 0 Å². The number of benzene rings is 6. The second-order valence-electron chi connectivity index (χ2n) is 13.6. The lowest BCUT2D eigenvalue weighted by atomic mass is 9.94. The van der Waals surface area contributed by atoms with Crippen LogP contribution in [0.4, 0.5) is 0 Å². The highest BCUT2D eigenvalue weighted by Crippen LogP contribution is 2.34. The molecule has 2 aliphatic rings. The van der Waals surface area contributed by atoms with Crippen LogP contribution in [0.25, 0.3) is 78.1 Å². The maximum absolute atomic E-state index is 6.51. The molecule has 244 valence electrons. The van der Waals surface area contributed by atoms with Gasteiger partial charge in [0, 0.05) is 43.6 Å². The molecule has 0 amide bonds. The summed E-state index contributed by atoms with van der Waals surface area (Å²) in [4.78, 5) is 5.18. The Hall–Kier alpha value is -6.37. The van der Waals surface area contributed by atoms with Gasteiger partial charge in [-0.3, -0.25) is 5.32 Å². The maximum Gasteiger partial charge on any atom is 0.136 e. The minimum atomic E-state index is -0.212. The Morgan fingerprint density at radius 1 is 0.529 bits per heavy atom. The van der Waals surface area contributed by atoms with Crippen LogP contribution in [0.1, 0.15) is 23.7 Å². The summed E-state index contributed by atoms with van der Waals surface area (Å²) in [6.07, 6.45) is 5.14. The molecule has 9 aromatic rings. The maximum atomic E-state index is 6.51. The predicted octanol–water partition coefficient (Wildman–Crippen LogP) is 9.14. The zero-order valence-electron chi connectivity index (χ0n) is 27.5. The Labute approximate surface area is 292 Å². The van der Waals surface area contributed by atoms with Crippen molar-refractivity contribution in [2.45, 2.75) is 18.8 Å². The zero-order valence-corrected chi connectivity index (χ0v) is 27.5. The highest BCUT2D eigenvalue weighted by atomic mass is 16.3. The molecule has 3 unspecified atom stereocenters. The van der Waals surface area contributed by atoms with Crippen LogP contribution in [-0.4, -0.2) is 12.0 Å². The third-order valence-corrected chi connectivity index (χ3v) is 10.5. The van der Waals surface area contributed by atoms with E-state index in [4.69, 9.17) is 18.2 Å². The van der Waals surface area contributed by atoms with Gasteiger partial charge < -0.3 is 18.6 Å². The molecule has 2 N–H and O–H groups in total. The van der Waals surface area contributed by atoms with Gasteiger partial charge in [-0.2, -0.15) is 0 Å². The van der Waals surface area contributed by atoms with Gasteiger partial charge in [0.05, 0.1) is 6.17 Å². The van der Waals surface area contributed by atoms with Crippen molar-refractivity contribution in [1.29, 1.82) is 0 Å². The van der Waals surface area contributed by atoms with E-state index < -0.39 is 0 Å². The second kappa shape index (κ2) is 11.1. The van der Waals surface area contributed by atoms with Crippen molar-refractivity contribution in [2.24, 2.45) is 10.9 Å². The first-order valence-corrected chi connectivity index (χ1v) is 17.5. The number of aliphatic imine (C=N–C) groups is 1. The van der Waals surface area contributed by atoms with E-state index >= 15 is 0 Å². The van der Waals surface area contributed by atoms with E-state index in [1.165, 1.54) is 0 Å². The first kappa shape index (κ1) is 28.5. The van der Waals surface area contributed by atoms with E-state index in [2.05, 4.69) is 120 Å². The average molecular weight is 662 g/mol. The van der Waals surface area contributed by atoms with Crippen LogP contribution >= 0.6 is 0 Å². The normalized spacial score (nSPS) is 18.8. The Bertz CT molecular complexity index is 2990. The van der Waals surface area contributed by atoms with Gasteiger partial charge in [-0.1, -0.05) is 91.0 Å². The van der Waals surface area contributed by atoms with Crippen LogP contribution in [0.5, 0.6) is 0 Å². The Kier molecular flexibility index (Phi) is 6.18. The molecule has 4 heterocycles. The zero-order chi connectivity index (χ0) is 33.5. The average Bonchev–Trinajstić information content (AvgIpc) is 3.88. The van der Waals surface area contributed by atoms with E-state index in [1.54, 1.807) is 0 Å². The van der Waals surface area contributed by atoms with Gasteiger partial charge in [-0.25, -0.2) is 4.99 Å². The molecule has 3 atom stereocenters. The molecule has 0 spiro atoms. The fourth-order valence-electron chi connectivity index (χ4n) is 7.93. The van der Waals surface area contributed by atoms with Gasteiger partial charge in [0.1, 0.15) is 45.3 Å². The van der Waals surface area contributed by atoms with E-state index in [0.717, 1.165) is 100.0 Å². The number of amidine groups is 1. The summed E-state index contributed by atoms with van der Waals surface area (Å²) in [6.45, 7) is 0. The molecule has 0 fully saturated rings. The number of hydrogen-bond donors (Lipinski definition) is 2. The molecule has 6 aromatic carbocycles. The van der Waals surface area contributed by atoms with Gasteiger partial charge in [0.2, 0.25) is 0 Å². The fraction of sp³-hybridized carbons (Fsp3) is 0.0889. The number of para-hydroxylation sites is 2. The lowest BCUT2D eigenvalue weighted by Crippen LogP contribution is -2.55. The molecule has 3 aromatic heterocycles. The topological polar surface area (TPSA) is 75.8 Å². The third kappa shape index (κ3) is 4.64. The van der Waals surface area contributed by atoms with Gasteiger partial charge in [0.15, 0.2) is 0 Å². The van der Waals surface area contributed by atoms with Crippen molar-refractivity contribution in [1.82, 2.24) is 10.6 Å². The van der Waals surface area contributed by atoms with E-state index in [1.807, 2.05) is 36.4 Å². The van der Waals surface area contributed by atoms with Crippen molar-refractivity contribution in [3.05, 3.63) is 155 Å². The Morgan fingerprint density at radius 3 is 1.90 bits per heavy atom. The predicted molar refractivity (Wildman–Crippen MR) is 205 cm³/mol. The summed E-state index contributed by atoms with van der Waals surface area (Å²) in [5.41, 5.74) is 9.69. The highest BCUT2D eigenvalue weighted by Gasteiger charge is 2.30. The van der Waals surface area contributed by atoms with Crippen molar-refractivity contribution in [3.63, 3.8) is 0 Å². The van der Waals surface area contributed by atoms with Crippen LogP contribution in [0.2, 0.25) is 0 Å². The lowest BCUT2D eigenvalue weighted by Gasteiger charge is -2.35. The molecule has 1 aliphatic heterocycles. The SMILES string of the molecule is C1=c2oc3ccc(-c4ccc5c(c4)oc4ccccc45)cc3c2=CCC1C1NC(c2ccc3c(c2)oc2ccccc23)=NC(c2ccccc2)N1. The minimum Gasteiger partial charge on any atom is -0.456 e. The first-order valence-electron chi connectivity index (χ1n) is 17.5. The van der Waals surface area contributed by atoms with Crippen LogP contribution < -0.4 is 21.3 Å². The lowest BCUT2D eigenvalue weighted by molar-refractivity contribution is 0.340. The smallest absolute Gasteiger partial charge is 0.136 e. The second-order valence-corrected chi connectivity index (χ2v) is 13.6. The molecule has 51 heavy (non-hydrogen) atoms.